The third-order valence-electron chi connectivity index (χ3n) is 5.09. The first kappa shape index (κ1) is 20.4. The number of hydrogen-bond acceptors (Lipinski definition) is 3. The first-order chi connectivity index (χ1) is 13.3. The number of piperazine rings is 1. The number of aryl methyl sites for hydroxylation is 2. The molecule has 28 heavy (non-hydrogen) atoms. The van der Waals surface area contributed by atoms with Crippen molar-refractivity contribution in [3.05, 3.63) is 59.4 Å². The number of hydrogen-bond donors (Lipinski definition) is 2. The summed E-state index contributed by atoms with van der Waals surface area (Å²) in [5.74, 6) is -0.853. The van der Waals surface area contributed by atoms with Crippen LogP contribution in [0.25, 0.3) is 0 Å². The van der Waals surface area contributed by atoms with Gasteiger partial charge in [0.25, 0.3) is 5.91 Å². The summed E-state index contributed by atoms with van der Waals surface area (Å²) in [5.41, 5.74) is 3.03. The van der Waals surface area contributed by atoms with Crippen molar-refractivity contribution in [1.82, 2.24) is 4.31 Å². The quantitative estimate of drug-likeness (QED) is 0.778. The van der Waals surface area contributed by atoms with Gasteiger partial charge in [0.2, 0.25) is 10.0 Å². The van der Waals surface area contributed by atoms with Gasteiger partial charge in [-0.05, 0) is 49.2 Å². The Bertz CT molecular complexity index is 970. The van der Waals surface area contributed by atoms with Crippen molar-refractivity contribution in [3.63, 3.8) is 0 Å². The number of benzene rings is 2. The van der Waals surface area contributed by atoms with Gasteiger partial charge in [0.1, 0.15) is 10.7 Å². The molecule has 0 bridgehead atoms. The van der Waals surface area contributed by atoms with Crippen LogP contribution in [0.3, 0.4) is 0 Å². The number of halogens is 1. The van der Waals surface area contributed by atoms with Crippen molar-refractivity contribution in [2.45, 2.75) is 18.7 Å². The number of quaternary nitrogens is 1. The molecule has 0 aliphatic carbocycles. The molecule has 0 aromatic heterocycles. The molecule has 0 saturated carbocycles. The Labute approximate surface area is 165 Å². The van der Waals surface area contributed by atoms with Crippen LogP contribution in [-0.4, -0.2) is 51.4 Å². The molecule has 150 valence electrons. The number of nitrogens with zero attached hydrogens (tertiary/aromatic N) is 1. The molecule has 0 radical (unpaired) electrons. The highest BCUT2D eigenvalue weighted by molar-refractivity contribution is 7.89. The summed E-state index contributed by atoms with van der Waals surface area (Å²) in [6, 6.07) is 11.2. The van der Waals surface area contributed by atoms with Crippen LogP contribution in [-0.2, 0) is 14.8 Å². The normalized spacial score (nSPS) is 16.1. The number of carbonyl (C=O) groups is 1. The van der Waals surface area contributed by atoms with Gasteiger partial charge in [-0.3, -0.25) is 4.79 Å². The minimum absolute atomic E-state index is 0.108. The summed E-state index contributed by atoms with van der Waals surface area (Å²) < 4.78 is 40.4. The van der Waals surface area contributed by atoms with Gasteiger partial charge in [0.05, 0.1) is 26.2 Å². The third kappa shape index (κ3) is 4.57. The van der Waals surface area contributed by atoms with E-state index < -0.39 is 15.8 Å². The van der Waals surface area contributed by atoms with Crippen molar-refractivity contribution < 1.29 is 22.5 Å². The second-order valence-electron chi connectivity index (χ2n) is 7.11. The van der Waals surface area contributed by atoms with Crippen LogP contribution in [0, 0.1) is 19.7 Å². The van der Waals surface area contributed by atoms with Crippen LogP contribution in [0.4, 0.5) is 10.1 Å². The molecule has 1 amide bonds. The van der Waals surface area contributed by atoms with Crippen molar-refractivity contribution in [2.24, 2.45) is 0 Å². The van der Waals surface area contributed by atoms with E-state index in [1.807, 2.05) is 32.0 Å². The van der Waals surface area contributed by atoms with Gasteiger partial charge in [-0.2, -0.15) is 4.31 Å². The van der Waals surface area contributed by atoms with E-state index in [-0.39, 0.29) is 30.4 Å². The average molecular weight is 407 g/mol. The Hall–Kier alpha value is -2.29. The van der Waals surface area contributed by atoms with Crippen molar-refractivity contribution in [2.75, 3.05) is 38.0 Å². The van der Waals surface area contributed by atoms with E-state index in [2.05, 4.69) is 5.32 Å². The lowest BCUT2D eigenvalue weighted by Gasteiger charge is -2.31. The van der Waals surface area contributed by atoms with Crippen LogP contribution < -0.4 is 10.2 Å². The number of amides is 1. The highest BCUT2D eigenvalue weighted by Crippen LogP contribution is 2.18. The topological polar surface area (TPSA) is 70.9 Å². The Morgan fingerprint density at radius 1 is 1.11 bits per heavy atom. The molecule has 8 heteroatoms. The monoisotopic (exact) mass is 406 g/mol. The zero-order valence-corrected chi connectivity index (χ0v) is 16.9. The van der Waals surface area contributed by atoms with Crippen LogP contribution in [0.1, 0.15) is 11.1 Å². The molecule has 2 aromatic rings. The summed E-state index contributed by atoms with van der Waals surface area (Å²) in [6.07, 6.45) is 0. The van der Waals surface area contributed by atoms with Crippen LogP contribution in [0.15, 0.2) is 47.4 Å². The molecule has 1 aliphatic heterocycles. The highest BCUT2D eigenvalue weighted by atomic mass is 32.2. The molecular weight excluding hydrogens is 381 g/mol. The third-order valence-corrected chi connectivity index (χ3v) is 7.02. The first-order valence-electron chi connectivity index (χ1n) is 9.23. The summed E-state index contributed by atoms with van der Waals surface area (Å²) in [6.45, 7) is 5.76. The first-order valence-corrected chi connectivity index (χ1v) is 10.7. The molecule has 1 saturated heterocycles. The predicted molar refractivity (Wildman–Crippen MR) is 105 cm³/mol. The van der Waals surface area contributed by atoms with Gasteiger partial charge in [-0.15, -0.1) is 0 Å². The van der Waals surface area contributed by atoms with Crippen LogP contribution >= 0.6 is 0 Å². The lowest BCUT2D eigenvalue weighted by Crippen LogP contribution is -3.15. The van der Waals surface area contributed by atoms with Gasteiger partial charge >= 0.3 is 0 Å². The van der Waals surface area contributed by atoms with Crippen molar-refractivity contribution in [1.29, 1.82) is 0 Å². The largest absolute Gasteiger partial charge is 0.325 e. The minimum atomic E-state index is -3.86. The smallest absolute Gasteiger partial charge is 0.279 e. The number of nitrogens with one attached hydrogen (secondary N) is 2. The molecule has 1 fully saturated rings. The Morgan fingerprint density at radius 2 is 1.79 bits per heavy atom. The average Bonchev–Trinajstić information content (AvgIpc) is 2.65. The second kappa shape index (κ2) is 8.38. The maximum absolute atomic E-state index is 13.9. The summed E-state index contributed by atoms with van der Waals surface area (Å²) in [5, 5.41) is 2.89. The number of rotatable bonds is 5. The fourth-order valence-electron chi connectivity index (χ4n) is 3.26. The zero-order valence-electron chi connectivity index (χ0n) is 16.0. The molecule has 2 aromatic carbocycles. The Balaban J connectivity index is 1.56. The lowest BCUT2D eigenvalue weighted by atomic mass is 10.1. The molecule has 0 spiro atoms. The number of sulfonamides is 1. The van der Waals surface area contributed by atoms with E-state index in [0.29, 0.717) is 13.1 Å². The SMILES string of the molecule is Cc1ccc(NC(=O)C[NH+]2CCN(S(=O)(=O)c3ccccc3F)CC2)cc1C. The van der Waals surface area contributed by atoms with Gasteiger partial charge < -0.3 is 10.2 Å². The zero-order chi connectivity index (χ0) is 20.3. The van der Waals surface area contributed by atoms with Gasteiger partial charge in [0.15, 0.2) is 6.54 Å². The van der Waals surface area contributed by atoms with Gasteiger partial charge in [-0.25, -0.2) is 12.8 Å². The maximum atomic E-state index is 13.9. The molecular formula is C20H25FN3O3S+. The predicted octanol–water partition coefficient (Wildman–Crippen LogP) is 0.970. The summed E-state index contributed by atoms with van der Waals surface area (Å²) >= 11 is 0. The highest BCUT2D eigenvalue weighted by Gasteiger charge is 2.32. The fraction of sp³-hybridized carbons (Fsp3) is 0.350. The van der Waals surface area contributed by atoms with E-state index in [4.69, 9.17) is 0 Å². The maximum Gasteiger partial charge on any atom is 0.279 e. The van der Waals surface area contributed by atoms with Crippen LogP contribution in [0.5, 0.6) is 0 Å². The number of carbonyl (C=O) groups excluding carboxylic acids is 1. The van der Waals surface area contributed by atoms with E-state index in [1.165, 1.54) is 22.5 Å². The molecule has 1 aliphatic rings. The van der Waals surface area contributed by atoms with E-state index in [9.17, 15) is 17.6 Å². The van der Waals surface area contributed by atoms with Crippen molar-refractivity contribution in [3.8, 4) is 0 Å². The summed E-state index contributed by atoms with van der Waals surface area (Å²) in [4.78, 5) is 13.0. The van der Waals surface area contributed by atoms with Crippen molar-refractivity contribution >= 4 is 21.6 Å². The van der Waals surface area contributed by atoms with Crippen LogP contribution in [0.2, 0.25) is 0 Å². The Kier molecular flexibility index (Phi) is 6.12. The van der Waals surface area contributed by atoms with E-state index in [0.717, 1.165) is 27.8 Å². The van der Waals surface area contributed by atoms with E-state index in [1.54, 1.807) is 0 Å². The molecule has 6 nitrogen and oxygen atoms in total. The fourth-order valence-corrected chi connectivity index (χ4v) is 4.77. The Morgan fingerprint density at radius 3 is 2.43 bits per heavy atom. The molecule has 1 heterocycles. The molecule has 0 atom stereocenters. The summed E-state index contributed by atoms with van der Waals surface area (Å²) in [7, 11) is -3.86. The number of anilines is 1. The van der Waals surface area contributed by atoms with Gasteiger partial charge in [-0.1, -0.05) is 18.2 Å². The lowest BCUT2D eigenvalue weighted by molar-refractivity contribution is -0.895. The second-order valence-corrected chi connectivity index (χ2v) is 9.01. The standard InChI is InChI=1S/C20H24FN3O3S/c1-15-7-8-17(13-16(15)2)22-20(25)14-23-9-11-24(12-10-23)28(26,27)19-6-4-3-5-18(19)21/h3-8,13H,9-12,14H2,1-2H3,(H,22,25)/p+1. The molecule has 0 unspecified atom stereocenters. The molecule has 2 N–H and O–H groups in total. The molecule has 3 rings (SSSR count). The minimum Gasteiger partial charge on any atom is -0.325 e. The van der Waals surface area contributed by atoms with Gasteiger partial charge in [0, 0.05) is 5.69 Å². The van der Waals surface area contributed by atoms with E-state index >= 15 is 0 Å².